The molecule has 0 fully saturated rings. The van der Waals surface area contributed by atoms with Crippen molar-refractivity contribution in [3.8, 4) is 34.5 Å². The molecular formula is C29H34O8. The van der Waals surface area contributed by atoms with E-state index in [4.69, 9.17) is 28.4 Å². The monoisotopic (exact) mass is 510 g/mol. The Morgan fingerprint density at radius 3 is 1.51 bits per heavy atom. The number of carbonyl (C=O) groups is 1. The first kappa shape index (κ1) is 27.5. The molecule has 0 aliphatic heterocycles. The van der Waals surface area contributed by atoms with Crippen molar-refractivity contribution in [1.29, 1.82) is 0 Å². The van der Waals surface area contributed by atoms with Crippen molar-refractivity contribution in [3.05, 3.63) is 70.3 Å². The molecular weight excluding hydrogens is 476 g/mol. The zero-order valence-corrected chi connectivity index (χ0v) is 22.2. The highest BCUT2D eigenvalue weighted by Crippen LogP contribution is 2.39. The van der Waals surface area contributed by atoms with E-state index in [0.717, 1.165) is 46.6 Å². The minimum Gasteiger partial charge on any atom is -0.496 e. The fourth-order valence-electron chi connectivity index (χ4n) is 4.33. The highest BCUT2D eigenvalue weighted by atomic mass is 16.5. The van der Waals surface area contributed by atoms with Crippen LogP contribution in [0.3, 0.4) is 0 Å². The Hall–Kier alpha value is -4.07. The lowest BCUT2D eigenvalue weighted by Gasteiger charge is -2.17. The first-order valence-corrected chi connectivity index (χ1v) is 11.8. The van der Waals surface area contributed by atoms with Crippen molar-refractivity contribution in [2.75, 3.05) is 42.7 Å². The number of hydrogen-bond donors (Lipinski definition) is 1. The number of methoxy groups -OCH3 is 6. The zero-order chi connectivity index (χ0) is 26.9. The summed E-state index contributed by atoms with van der Waals surface area (Å²) in [6, 6.07) is 13.1. The molecule has 0 spiro atoms. The van der Waals surface area contributed by atoms with E-state index in [2.05, 4.69) is 6.07 Å². The summed E-state index contributed by atoms with van der Waals surface area (Å²) in [4.78, 5) is 11.4. The summed E-state index contributed by atoms with van der Waals surface area (Å²) in [5.41, 5.74) is 4.23. The molecule has 0 aliphatic rings. The second kappa shape index (κ2) is 12.8. The molecule has 0 saturated heterocycles. The summed E-state index contributed by atoms with van der Waals surface area (Å²) in [7, 11) is 9.54. The molecule has 198 valence electrons. The lowest BCUT2D eigenvalue weighted by atomic mass is 9.97. The Morgan fingerprint density at radius 1 is 0.568 bits per heavy atom. The van der Waals surface area contributed by atoms with Gasteiger partial charge in [-0.25, -0.2) is 4.79 Å². The van der Waals surface area contributed by atoms with Crippen LogP contribution in [-0.4, -0.2) is 53.7 Å². The Labute approximate surface area is 217 Å². The molecule has 3 aromatic rings. The third-order valence-electron chi connectivity index (χ3n) is 6.27. The van der Waals surface area contributed by atoms with Crippen molar-refractivity contribution in [1.82, 2.24) is 0 Å². The van der Waals surface area contributed by atoms with Crippen LogP contribution in [0, 0.1) is 0 Å². The molecule has 3 aromatic carbocycles. The molecule has 0 bridgehead atoms. The molecule has 37 heavy (non-hydrogen) atoms. The quantitative estimate of drug-likeness (QED) is 0.343. The first-order valence-electron chi connectivity index (χ1n) is 11.8. The number of ether oxygens (including phenoxy) is 6. The van der Waals surface area contributed by atoms with E-state index in [-0.39, 0.29) is 5.56 Å². The number of carboxylic acids is 1. The topological polar surface area (TPSA) is 92.7 Å². The van der Waals surface area contributed by atoms with Crippen LogP contribution in [0.4, 0.5) is 0 Å². The number of hydrogen-bond acceptors (Lipinski definition) is 7. The van der Waals surface area contributed by atoms with E-state index < -0.39 is 5.97 Å². The maximum absolute atomic E-state index is 11.4. The Morgan fingerprint density at radius 2 is 1.05 bits per heavy atom. The van der Waals surface area contributed by atoms with E-state index in [1.165, 1.54) is 7.11 Å². The first-order chi connectivity index (χ1) is 17.9. The lowest BCUT2D eigenvalue weighted by Crippen LogP contribution is -2.04. The van der Waals surface area contributed by atoms with Gasteiger partial charge in [-0.2, -0.15) is 0 Å². The minimum atomic E-state index is -1.02. The van der Waals surface area contributed by atoms with Gasteiger partial charge in [0.1, 0.15) is 22.8 Å². The second-order valence-electron chi connectivity index (χ2n) is 8.35. The number of rotatable bonds is 13. The van der Waals surface area contributed by atoms with Crippen LogP contribution in [0.15, 0.2) is 42.5 Å². The molecule has 0 atom stereocenters. The smallest absolute Gasteiger partial charge is 0.339 e. The molecule has 8 heteroatoms. The highest BCUT2D eigenvalue weighted by molar-refractivity contribution is 5.91. The van der Waals surface area contributed by atoms with Crippen LogP contribution in [0.2, 0.25) is 0 Å². The van der Waals surface area contributed by atoms with Gasteiger partial charge < -0.3 is 33.5 Å². The zero-order valence-electron chi connectivity index (χ0n) is 22.2. The van der Waals surface area contributed by atoms with Crippen molar-refractivity contribution in [2.45, 2.75) is 25.7 Å². The van der Waals surface area contributed by atoms with Gasteiger partial charge in [0.2, 0.25) is 5.75 Å². The molecule has 0 radical (unpaired) electrons. The van der Waals surface area contributed by atoms with Crippen LogP contribution < -0.4 is 28.4 Å². The summed E-state index contributed by atoms with van der Waals surface area (Å²) in [5, 5.41) is 9.33. The molecule has 0 aromatic heterocycles. The fraction of sp³-hybridized carbons (Fsp3) is 0.345. The molecule has 0 amide bonds. The standard InChI is InChI=1S/C29H34O8/c1-32-23-17-24(33-2)21(11-8-19-14-26(35-4)28(37-6)27(15-19)36-5)16-20(23)10-7-18-9-12-22(29(30)31)25(13-18)34-3/h9,12-17H,7-8,10-11H2,1-6H3,(H,30,31). The average molecular weight is 511 g/mol. The Balaban J connectivity index is 1.85. The molecule has 0 aliphatic carbocycles. The third-order valence-corrected chi connectivity index (χ3v) is 6.27. The van der Waals surface area contributed by atoms with Gasteiger partial charge in [-0.1, -0.05) is 6.07 Å². The Bertz CT molecular complexity index is 1210. The predicted octanol–water partition coefficient (Wildman–Crippen LogP) is 5.01. The number of carboxylic acid groups (broad SMARTS) is 1. The maximum Gasteiger partial charge on any atom is 0.339 e. The SMILES string of the molecule is COc1cc(OC)c(CCc2cc(OC)c(OC)c(OC)c2)cc1CCc1ccc(C(=O)O)c(OC)c1. The largest absolute Gasteiger partial charge is 0.496 e. The van der Waals surface area contributed by atoms with E-state index in [0.29, 0.717) is 35.8 Å². The lowest BCUT2D eigenvalue weighted by molar-refractivity contribution is 0.0693. The summed E-state index contributed by atoms with van der Waals surface area (Å²) in [6.07, 6.45) is 2.83. The third kappa shape index (κ3) is 6.39. The second-order valence-corrected chi connectivity index (χ2v) is 8.35. The van der Waals surface area contributed by atoms with E-state index in [1.807, 2.05) is 24.3 Å². The van der Waals surface area contributed by atoms with Gasteiger partial charge >= 0.3 is 5.97 Å². The van der Waals surface area contributed by atoms with E-state index in [1.54, 1.807) is 47.7 Å². The van der Waals surface area contributed by atoms with Gasteiger partial charge in [0.05, 0.1) is 42.7 Å². The molecule has 1 N–H and O–H groups in total. The van der Waals surface area contributed by atoms with Crippen LogP contribution in [-0.2, 0) is 25.7 Å². The van der Waals surface area contributed by atoms with Gasteiger partial charge in [-0.15, -0.1) is 0 Å². The van der Waals surface area contributed by atoms with Gasteiger partial charge in [-0.3, -0.25) is 0 Å². The molecule has 3 rings (SSSR count). The van der Waals surface area contributed by atoms with Gasteiger partial charge in [-0.05, 0) is 78.3 Å². The van der Waals surface area contributed by atoms with Crippen molar-refractivity contribution >= 4 is 5.97 Å². The van der Waals surface area contributed by atoms with Crippen LogP contribution in [0.1, 0.15) is 32.6 Å². The van der Waals surface area contributed by atoms with Crippen LogP contribution in [0.25, 0.3) is 0 Å². The normalized spacial score (nSPS) is 10.5. The van der Waals surface area contributed by atoms with Crippen LogP contribution in [0.5, 0.6) is 34.5 Å². The van der Waals surface area contributed by atoms with Crippen molar-refractivity contribution in [2.24, 2.45) is 0 Å². The number of aromatic carboxylic acids is 1. The Kier molecular flexibility index (Phi) is 9.49. The van der Waals surface area contributed by atoms with Gasteiger partial charge in [0.15, 0.2) is 11.5 Å². The molecule has 0 unspecified atom stereocenters. The molecule has 0 heterocycles. The van der Waals surface area contributed by atoms with Crippen LogP contribution >= 0.6 is 0 Å². The van der Waals surface area contributed by atoms with Gasteiger partial charge in [0, 0.05) is 6.07 Å². The summed E-state index contributed by atoms with van der Waals surface area (Å²) in [6.45, 7) is 0. The molecule has 8 nitrogen and oxygen atoms in total. The number of aryl methyl sites for hydroxylation is 4. The molecule has 0 saturated carbocycles. The van der Waals surface area contributed by atoms with Crippen molar-refractivity contribution < 1.29 is 38.3 Å². The summed E-state index contributed by atoms with van der Waals surface area (Å²) >= 11 is 0. The predicted molar refractivity (Wildman–Crippen MR) is 140 cm³/mol. The van der Waals surface area contributed by atoms with E-state index in [9.17, 15) is 9.90 Å². The van der Waals surface area contributed by atoms with Gasteiger partial charge in [0.25, 0.3) is 0 Å². The van der Waals surface area contributed by atoms with E-state index >= 15 is 0 Å². The minimum absolute atomic E-state index is 0.141. The summed E-state index contributed by atoms with van der Waals surface area (Å²) < 4.78 is 33.0. The fourth-order valence-corrected chi connectivity index (χ4v) is 4.33. The summed E-state index contributed by atoms with van der Waals surface area (Å²) in [5.74, 6) is 2.61. The highest BCUT2D eigenvalue weighted by Gasteiger charge is 2.16. The van der Waals surface area contributed by atoms with Crippen molar-refractivity contribution in [3.63, 3.8) is 0 Å². The average Bonchev–Trinajstić information content (AvgIpc) is 2.93. The number of benzene rings is 3. The maximum atomic E-state index is 11.4.